The molecular weight excluding hydrogens is 337 g/mol. The average molecular weight is 346 g/mol. The SMILES string of the molecule is Cc1nc2c(cnn2-c2ccnc3c(C(F)(F)F)cccc23)c(=O)o1. The number of alkyl halides is 3. The van der Waals surface area contributed by atoms with Gasteiger partial charge in [0.2, 0.25) is 0 Å². The Kier molecular flexibility index (Phi) is 3.14. The Bertz CT molecular complexity index is 1180. The van der Waals surface area contributed by atoms with E-state index in [-0.39, 0.29) is 27.8 Å². The van der Waals surface area contributed by atoms with Crippen LogP contribution < -0.4 is 5.63 Å². The maximum absolute atomic E-state index is 13.2. The summed E-state index contributed by atoms with van der Waals surface area (Å²) in [5, 5.41) is 4.48. The molecule has 1 aromatic carbocycles. The number of para-hydroxylation sites is 1. The van der Waals surface area contributed by atoms with Gasteiger partial charge < -0.3 is 4.42 Å². The first kappa shape index (κ1) is 15.3. The van der Waals surface area contributed by atoms with Crippen LogP contribution in [0.3, 0.4) is 0 Å². The third-order valence-corrected chi connectivity index (χ3v) is 3.75. The molecule has 0 fully saturated rings. The molecule has 126 valence electrons. The van der Waals surface area contributed by atoms with Gasteiger partial charge in [-0.25, -0.2) is 9.48 Å². The highest BCUT2D eigenvalue weighted by atomic mass is 19.4. The molecule has 4 rings (SSSR count). The monoisotopic (exact) mass is 346 g/mol. The van der Waals surface area contributed by atoms with Crippen LogP contribution in [0.4, 0.5) is 13.2 Å². The van der Waals surface area contributed by atoms with Gasteiger partial charge in [-0.15, -0.1) is 0 Å². The molecular formula is C16H9F3N4O2. The summed E-state index contributed by atoms with van der Waals surface area (Å²) in [6.45, 7) is 1.50. The zero-order valence-electron chi connectivity index (χ0n) is 12.7. The Morgan fingerprint density at radius 3 is 2.72 bits per heavy atom. The number of fused-ring (bicyclic) bond motifs is 2. The van der Waals surface area contributed by atoms with Crippen molar-refractivity contribution in [1.29, 1.82) is 0 Å². The maximum Gasteiger partial charge on any atom is 0.418 e. The standard InChI is InChI=1S/C16H9F3N4O2/c1-8-22-14-10(15(24)25-8)7-21-23(14)12-5-6-20-13-9(12)3-2-4-11(13)16(17,18)19/h2-7H,1H3. The fourth-order valence-electron chi connectivity index (χ4n) is 2.71. The summed E-state index contributed by atoms with van der Waals surface area (Å²) in [7, 11) is 0. The molecule has 0 aliphatic rings. The minimum atomic E-state index is -4.53. The molecule has 25 heavy (non-hydrogen) atoms. The molecule has 0 spiro atoms. The number of pyridine rings is 1. The summed E-state index contributed by atoms with van der Waals surface area (Å²) in [5.74, 6) is 0.133. The van der Waals surface area contributed by atoms with Crippen LogP contribution in [0, 0.1) is 6.92 Å². The molecule has 9 heteroatoms. The lowest BCUT2D eigenvalue weighted by molar-refractivity contribution is -0.136. The van der Waals surface area contributed by atoms with Gasteiger partial charge in [0, 0.05) is 18.5 Å². The highest BCUT2D eigenvalue weighted by Crippen LogP contribution is 2.35. The number of hydrogen-bond donors (Lipinski definition) is 0. The molecule has 4 aromatic rings. The highest BCUT2D eigenvalue weighted by Gasteiger charge is 2.33. The minimum Gasteiger partial charge on any atom is -0.408 e. The molecule has 0 unspecified atom stereocenters. The van der Waals surface area contributed by atoms with E-state index in [0.29, 0.717) is 5.69 Å². The molecule has 3 heterocycles. The van der Waals surface area contributed by atoms with Gasteiger partial charge in [-0.05, 0) is 12.1 Å². The molecule has 0 aliphatic carbocycles. The van der Waals surface area contributed by atoms with Crippen LogP contribution in [-0.2, 0) is 6.18 Å². The summed E-state index contributed by atoms with van der Waals surface area (Å²) in [6, 6.07) is 5.30. The summed E-state index contributed by atoms with van der Waals surface area (Å²) in [6.07, 6.45) is -2.00. The van der Waals surface area contributed by atoms with Gasteiger partial charge in [-0.2, -0.15) is 23.3 Å². The van der Waals surface area contributed by atoms with Crippen molar-refractivity contribution in [2.75, 3.05) is 0 Å². The van der Waals surface area contributed by atoms with Crippen LogP contribution in [0.1, 0.15) is 11.5 Å². The second-order valence-corrected chi connectivity index (χ2v) is 5.34. The Hall–Kier alpha value is -3.23. The van der Waals surface area contributed by atoms with E-state index in [2.05, 4.69) is 15.1 Å². The Labute approximate surface area is 137 Å². The first-order chi connectivity index (χ1) is 11.9. The maximum atomic E-state index is 13.2. The fraction of sp³-hybridized carbons (Fsp3) is 0.125. The van der Waals surface area contributed by atoms with E-state index in [1.807, 2.05) is 0 Å². The lowest BCUT2D eigenvalue weighted by Gasteiger charge is -2.12. The van der Waals surface area contributed by atoms with Crippen molar-refractivity contribution in [3.8, 4) is 5.69 Å². The van der Waals surface area contributed by atoms with Gasteiger partial charge >= 0.3 is 11.8 Å². The second-order valence-electron chi connectivity index (χ2n) is 5.34. The van der Waals surface area contributed by atoms with E-state index in [9.17, 15) is 18.0 Å². The van der Waals surface area contributed by atoms with Crippen LogP contribution in [0.15, 0.2) is 45.9 Å². The number of nitrogens with zero attached hydrogens (tertiary/aromatic N) is 4. The minimum absolute atomic E-state index is 0.133. The molecule has 0 N–H and O–H groups in total. The predicted molar refractivity (Wildman–Crippen MR) is 82.4 cm³/mol. The number of rotatable bonds is 1. The Morgan fingerprint density at radius 1 is 1.16 bits per heavy atom. The molecule has 3 aromatic heterocycles. The van der Waals surface area contributed by atoms with Gasteiger partial charge in [0.25, 0.3) is 0 Å². The molecule has 6 nitrogen and oxygen atoms in total. The number of benzene rings is 1. The molecule has 0 aliphatic heterocycles. The zero-order valence-corrected chi connectivity index (χ0v) is 12.7. The quantitative estimate of drug-likeness (QED) is 0.529. The van der Waals surface area contributed by atoms with E-state index in [1.54, 1.807) is 0 Å². The highest BCUT2D eigenvalue weighted by molar-refractivity contribution is 5.91. The van der Waals surface area contributed by atoms with E-state index in [0.717, 1.165) is 6.07 Å². The van der Waals surface area contributed by atoms with E-state index in [1.165, 1.54) is 42.2 Å². The third kappa shape index (κ3) is 2.35. The summed E-state index contributed by atoms with van der Waals surface area (Å²) in [4.78, 5) is 19.9. The first-order valence-electron chi connectivity index (χ1n) is 7.17. The smallest absolute Gasteiger partial charge is 0.408 e. The molecule has 0 bridgehead atoms. The summed E-state index contributed by atoms with van der Waals surface area (Å²) < 4.78 is 45.9. The van der Waals surface area contributed by atoms with Crippen molar-refractivity contribution in [3.05, 3.63) is 58.5 Å². The third-order valence-electron chi connectivity index (χ3n) is 3.75. The summed E-state index contributed by atoms with van der Waals surface area (Å²) >= 11 is 0. The molecule has 0 saturated carbocycles. The lowest BCUT2D eigenvalue weighted by Crippen LogP contribution is -2.08. The van der Waals surface area contributed by atoms with Crippen LogP contribution in [-0.4, -0.2) is 19.7 Å². The predicted octanol–water partition coefficient (Wildman–Crippen LogP) is 3.25. The van der Waals surface area contributed by atoms with Gasteiger partial charge in [0.1, 0.15) is 5.39 Å². The van der Waals surface area contributed by atoms with Gasteiger partial charge in [-0.1, -0.05) is 12.1 Å². The number of aryl methyl sites for hydroxylation is 1. The van der Waals surface area contributed by atoms with Crippen molar-refractivity contribution in [2.24, 2.45) is 0 Å². The summed E-state index contributed by atoms with van der Waals surface area (Å²) in [5.41, 5.74) is -1.10. The normalized spacial score (nSPS) is 12.2. The lowest BCUT2D eigenvalue weighted by atomic mass is 10.1. The molecule has 0 atom stereocenters. The molecule has 0 radical (unpaired) electrons. The second kappa shape index (κ2) is 5.13. The van der Waals surface area contributed by atoms with E-state index < -0.39 is 17.4 Å². The van der Waals surface area contributed by atoms with Crippen molar-refractivity contribution < 1.29 is 17.6 Å². The zero-order chi connectivity index (χ0) is 17.8. The molecule has 0 amide bonds. The topological polar surface area (TPSA) is 73.8 Å². The number of hydrogen-bond acceptors (Lipinski definition) is 5. The van der Waals surface area contributed by atoms with Crippen LogP contribution in [0.25, 0.3) is 27.6 Å². The van der Waals surface area contributed by atoms with Crippen LogP contribution in [0.2, 0.25) is 0 Å². The van der Waals surface area contributed by atoms with E-state index in [4.69, 9.17) is 4.42 Å². The van der Waals surface area contributed by atoms with Gasteiger partial charge in [0.05, 0.1) is 23.0 Å². The van der Waals surface area contributed by atoms with E-state index >= 15 is 0 Å². The largest absolute Gasteiger partial charge is 0.418 e. The van der Waals surface area contributed by atoms with Crippen molar-refractivity contribution in [1.82, 2.24) is 19.7 Å². The van der Waals surface area contributed by atoms with Crippen molar-refractivity contribution >= 4 is 21.9 Å². The Morgan fingerprint density at radius 2 is 1.96 bits per heavy atom. The number of aromatic nitrogens is 4. The number of halogens is 3. The average Bonchev–Trinajstić information content (AvgIpc) is 2.96. The fourth-order valence-corrected chi connectivity index (χ4v) is 2.71. The Balaban J connectivity index is 2.08. The molecule has 0 saturated heterocycles. The van der Waals surface area contributed by atoms with Crippen LogP contribution >= 0.6 is 0 Å². The first-order valence-corrected chi connectivity index (χ1v) is 7.17. The van der Waals surface area contributed by atoms with Crippen LogP contribution in [0.5, 0.6) is 0 Å². The van der Waals surface area contributed by atoms with Crippen molar-refractivity contribution in [3.63, 3.8) is 0 Å². The van der Waals surface area contributed by atoms with Crippen molar-refractivity contribution in [2.45, 2.75) is 13.1 Å². The van der Waals surface area contributed by atoms with Gasteiger partial charge in [0.15, 0.2) is 11.5 Å². The van der Waals surface area contributed by atoms with Gasteiger partial charge in [-0.3, -0.25) is 4.98 Å².